The van der Waals surface area contributed by atoms with Crippen molar-refractivity contribution in [1.82, 2.24) is 30.3 Å². The quantitative estimate of drug-likeness (QED) is 0.0277. The first-order valence-electron chi connectivity index (χ1n) is 38.8. The monoisotopic (exact) mass is 1820 g/mol. The van der Waals surface area contributed by atoms with Gasteiger partial charge in [-0.3, -0.25) is 29.1 Å². The third kappa shape index (κ3) is 17.8. The number of hydrogen-bond donors (Lipinski definition) is 5. The molecule has 5 aromatic carbocycles. The molecule has 1 unspecified atom stereocenters. The highest BCUT2D eigenvalue weighted by molar-refractivity contribution is 5.94. The molecule has 0 radical (unpaired) electrons. The van der Waals surface area contributed by atoms with Crippen LogP contribution in [0.25, 0.3) is 10.9 Å². The number of nitrogens with zero attached hydrogens (tertiary/aromatic N) is 5. The summed E-state index contributed by atoms with van der Waals surface area (Å²) >= 11 is 0. The molecular formula is C84H98F20N8O14. The van der Waals surface area contributed by atoms with Gasteiger partial charge in [-0.25, -0.2) is 27.2 Å². The number of ether oxygens (including phenoxy) is 7. The Kier molecular flexibility index (Phi) is 36.6. The number of anilines is 2. The molecule has 126 heavy (non-hydrogen) atoms. The summed E-state index contributed by atoms with van der Waals surface area (Å²) in [5.41, 5.74) is -0.0781. The zero-order valence-corrected chi connectivity index (χ0v) is 69.0. The molecule has 22 nitrogen and oxygen atoms in total. The van der Waals surface area contributed by atoms with Crippen LogP contribution in [0.2, 0.25) is 0 Å². The second-order valence-corrected chi connectivity index (χ2v) is 31.2. The van der Waals surface area contributed by atoms with E-state index in [9.17, 15) is 47.0 Å². The lowest BCUT2D eigenvalue weighted by atomic mass is 9.47. The van der Waals surface area contributed by atoms with E-state index < -0.39 is 122 Å². The summed E-state index contributed by atoms with van der Waals surface area (Å²) in [7, 11) is 8.45. The van der Waals surface area contributed by atoms with E-state index in [0.717, 1.165) is 127 Å². The molecule has 2 amide bonds. The van der Waals surface area contributed by atoms with Crippen molar-refractivity contribution in [3.63, 3.8) is 0 Å². The van der Waals surface area contributed by atoms with Gasteiger partial charge in [-0.2, -0.15) is 0 Å². The highest BCUT2D eigenvalue weighted by Crippen LogP contribution is 2.70. The SMILES string of the molecule is C.CCC1=C[C@@H]2CN(CCc3c([nH]c4ccccc34)[C@@](C(=O)OC)(c3cc4c(cc3OC)N(C)[C@H]3[C@@](O)(CNC(=O)Oc5ccc(F)c(F)c5)[C@H](OC(C)=O)[C@]5(CC)C=CCN6CC[C@]43[C@@H]65)C2)C1.CC[C@]12C=CCN3CC[C@@]4(c5ccc(OC)cc5N(C)[C@H]4[C@@](O)(CNC(=O)Oc4ccc(F)c(F)c4)[C@@H]1OC(C)=O)[C@@H]32.FF.FF.FF.FF.FF.FF.FF.FF. The van der Waals surface area contributed by atoms with Crippen molar-refractivity contribution in [2.75, 3.05) is 104 Å². The number of carbonyl (C=O) groups excluding carboxylic acids is 5. The lowest BCUT2D eigenvalue weighted by Crippen LogP contribution is -2.81. The van der Waals surface area contributed by atoms with Crippen LogP contribution < -0.4 is 39.4 Å². The maximum absolute atomic E-state index is 15.4. The molecule has 2 spiro atoms. The van der Waals surface area contributed by atoms with Gasteiger partial charge in [0.2, 0.25) is 0 Å². The number of para-hydroxylation sites is 1. The lowest BCUT2D eigenvalue weighted by molar-refractivity contribution is -0.217. The number of aromatic nitrogens is 1. The van der Waals surface area contributed by atoms with Gasteiger partial charge in [0.15, 0.2) is 23.3 Å². The van der Waals surface area contributed by atoms with Crippen LogP contribution in [0.4, 0.5) is 112 Å². The number of hydrogen-bond acceptors (Lipinski definition) is 19. The van der Waals surface area contributed by atoms with Crippen LogP contribution in [0, 0.1) is 40.0 Å². The van der Waals surface area contributed by atoms with Crippen molar-refractivity contribution in [3.8, 4) is 23.0 Å². The second-order valence-electron chi connectivity index (χ2n) is 31.2. The zero-order valence-electron chi connectivity index (χ0n) is 69.0. The Hall–Kier alpha value is -10.6. The average Bonchev–Trinajstić information content (AvgIpc) is 1.48. The minimum absolute atomic E-state index is 0. The number of amides is 2. The lowest BCUT2D eigenvalue weighted by Gasteiger charge is -2.64. The average molecular weight is 1820 g/mol. The van der Waals surface area contributed by atoms with Crippen molar-refractivity contribution >= 4 is 52.4 Å². The third-order valence-electron chi connectivity index (χ3n) is 26.1. The fraction of sp³-hybridized carbons (Fsp3) is 0.488. The van der Waals surface area contributed by atoms with Crippen LogP contribution >= 0.6 is 0 Å². The van der Waals surface area contributed by atoms with Gasteiger partial charge < -0.3 is 68.8 Å². The summed E-state index contributed by atoms with van der Waals surface area (Å²) in [6, 6.07) is 21.9. The maximum atomic E-state index is 15.4. The van der Waals surface area contributed by atoms with Crippen molar-refractivity contribution in [1.29, 1.82) is 0 Å². The normalized spacial score (nSPS) is 28.0. The molecule has 8 aliphatic heterocycles. The van der Waals surface area contributed by atoms with Crippen LogP contribution in [0.3, 0.4) is 0 Å². The number of nitrogens with one attached hydrogen (secondary N) is 3. The standard InChI is InChI=1S/C52H59F2N5O8.C31H35F2N3O6.CH4.8F2/c1-7-31-22-32-26-51(47(61)65-6,43-35(16-20-58(27-31)28-32)34-12-9-10-13-40(34)56-43)37-24-36-41(25-42(37)64-5)57(4)45-50(36)18-21-59-19-11-17-49(8-2,44(50)59)46(66-30(3)60)52(45,63)29-55-48(62)67-33-14-15-38(53)39(54)23-33;1-5-29-11-6-13-36-14-12-30(25(29)36)21-9-7-19(40-4)16-24(21)35(3)26(30)31(39,27(29)41-18(2)37)17-34-28(38)42-20-8-10-22(32)23(33)15-20;;8*1-2/h9-15,17,22-25,32,44-46,56,63H,7-8,16,18-21,26-29H2,1-6H3,(H,55,62);6-11,15-16,25-27,39H,5,12-14,17H2,1-4H3,(H,34,38);1H4;;;;;;;;/t32-,44-,45+,46+,49+,50+,51-,52-;25-,26+,27+,29+,30+,31-;;;;;;;;;/m00........./s1. The van der Waals surface area contributed by atoms with E-state index >= 15 is 4.79 Å². The van der Waals surface area contributed by atoms with Crippen molar-refractivity contribution in [2.45, 2.75) is 151 Å². The molecule has 4 fully saturated rings. The fourth-order valence-electron chi connectivity index (χ4n) is 22.4. The van der Waals surface area contributed by atoms with Gasteiger partial charge in [-0.05, 0) is 123 Å². The molecule has 42 heteroatoms. The van der Waals surface area contributed by atoms with E-state index in [1.807, 2.05) is 74.1 Å². The number of benzene rings is 5. The van der Waals surface area contributed by atoms with Gasteiger partial charge in [-0.1, -0.05) is 88.4 Å². The van der Waals surface area contributed by atoms with Gasteiger partial charge in [0.1, 0.15) is 51.8 Å². The van der Waals surface area contributed by atoms with Crippen molar-refractivity contribution in [2.24, 2.45) is 16.7 Å². The molecule has 10 aliphatic rings. The Labute approximate surface area is 711 Å². The summed E-state index contributed by atoms with van der Waals surface area (Å²) in [6.07, 6.45) is 10.8. The Balaban J connectivity index is 0.000000358. The molecule has 9 heterocycles. The number of aliphatic hydroxyl groups is 2. The molecule has 2 saturated heterocycles. The molecule has 2 aliphatic carbocycles. The van der Waals surface area contributed by atoms with Gasteiger partial charge in [0.05, 0.1) is 46.5 Å². The first-order chi connectivity index (χ1) is 60.2. The predicted molar refractivity (Wildman–Crippen MR) is 421 cm³/mol. The maximum Gasteiger partial charge on any atom is 0.412 e. The zero-order chi connectivity index (χ0) is 93.2. The van der Waals surface area contributed by atoms with E-state index in [1.54, 1.807) is 14.2 Å². The van der Waals surface area contributed by atoms with E-state index in [-0.39, 0.29) is 43.5 Å². The minimum Gasteiger partial charge on any atom is -0.497 e. The van der Waals surface area contributed by atoms with Gasteiger partial charge in [0, 0.05) is 225 Å². The Bertz CT molecular complexity index is 4820. The van der Waals surface area contributed by atoms with E-state index in [2.05, 4.69) is 85.8 Å². The van der Waals surface area contributed by atoms with Gasteiger partial charge in [0.25, 0.3) is 0 Å². The van der Waals surface area contributed by atoms with E-state index in [1.165, 1.54) is 26.5 Å². The van der Waals surface area contributed by atoms with E-state index in [0.29, 0.717) is 62.3 Å². The highest BCUT2D eigenvalue weighted by Gasteiger charge is 2.80. The van der Waals surface area contributed by atoms with Gasteiger partial charge >= 0.3 is 30.1 Å². The molecule has 698 valence electrons. The number of halogens is 20. The van der Waals surface area contributed by atoms with Crippen LogP contribution in [-0.2, 0) is 51.3 Å². The summed E-state index contributed by atoms with van der Waals surface area (Å²) in [4.78, 5) is 83.1. The van der Waals surface area contributed by atoms with Crippen molar-refractivity contribution < 1.29 is 158 Å². The van der Waals surface area contributed by atoms with E-state index in [4.69, 9.17) is 106 Å². The molecule has 2 saturated carbocycles. The van der Waals surface area contributed by atoms with Crippen molar-refractivity contribution in [3.05, 3.63) is 178 Å². The van der Waals surface area contributed by atoms with Crippen LogP contribution in [-0.4, -0.2) is 202 Å². The molecule has 16 rings (SSSR count). The number of aromatic amines is 1. The molecule has 5 N–H and O–H groups in total. The number of esters is 3. The molecule has 6 aromatic rings. The topological polar surface area (TPSA) is 246 Å². The summed E-state index contributed by atoms with van der Waals surface area (Å²) < 4.78 is 224. The Morgan fingerprint density at radius 1 is 0.548 bits per heavy atom. The highest BCUT2D eigenvalue weighted by atomic mass is 20.0. The Morgan fingerprint density at radius 2 is 1.02 bits per heavy atom. The van der Waals surface area contributed by atoms with Crippen LogP contribution in [0.5, 0.6) is 23.0 Å². The number of rotatable bonds is 15. The smallest absolute Gasteiger partial charge is 0.412 e. The predicted octanol–water partition coefficient (Wildman–Crippen LogP) is 17.6. The Morgan fingerprint density at radius 3 is 1.46 bits per heavy atom. The summed E-state index contributed by atoms with van der Waals surface area (Å²) in [5.74, 6) is -5.39. The first-order valence-corrected chi connectivity index (χ1v) is 38.8. The number of H-pyrrole nitrogens is 1. The van der Waals surface area contributed by atoms with Crippen LogP contribution in [0.1, 0.15) is 109 Å². The minimum atomic E-state index is -2.00. The largest absolute Gasteiger partial charge is 0.497 e. The second kappa shape index (κ2) is 44.2. The first kappa shape index (κ1) is 104. The van der Waals surface area contributed by atoms with Crippen LogP contribution in [0.15, 0.2) is 127 Å². The number of methoxy groups -OCH3 is 3. The number of fused-ring (bicyclic) bond motifs is 7. The molecule has 15 atom stereocenters. The third-order valence-corrected chi connectivity index (χ3v) is 26.1. The number of likely N-dealkylation sites (N-methyl/N-ethyl adjacent to an activating group) is 2. The molecular weight excluding hydrogens is 1720 g/mol. The van der Waals surface area contributed by atoms with Gasteiger partial charge in [-0.15, -0.1) is 0 Å². The molecule has 1 aromatic heterocycles. The summed E-state index contributed by atoms with van der Waals surface area (Å²) in [5, 5.41) is 33.2. The molecule has 2 bridgehead atoms. The summed E-state index contributed by atoms with van der Waals surface area (Å²) in [6.45, 7) is 13.3. The fourth-order valence-corrected chi connectivity index (χ4v) is 22.4. The number of carbonyl (C=O) groups is 5.